The number of likely N-dealkylation sites (tertiary alicyclic amines) is 1. The molecule has 26 heavy (non-hydrogen) atoms. The van der Waals surface area contributed by atoms with Gasteiger partial charge in [0.05, 0.1) is 0 Å². The Kier molecular flexibility index (Phi) is 6.04. The van der Waals surface area contributed by atoms with Gasteiger partial charge >= 0.3 is 0 Å². The molecule has 0 atom stereocenters. The lowest BCUT2D eigenvalue weighted by atomic mass is 9.96. The molecule has 1 amide bonds. The third-order valence-electron chi connectivity index (χ3n) is 5.09. The summed E-state index contributed by atoms with van der Waals surface area (Å²) >= 11 is 0. The summed E-state index contributed by atoms with van der Waals surface area (Å²) in [6, 6.07) is 8.65. The van der Waals surface area contributed by atoms with Gasteiger partial charge in [-0.1, -0.05) is 23.4 Å². The van der Waals surface area contributed by atoms with E-state index in [-0.39, 0.29) is 11.7 Å². The summed E-state index contributed by atoms with van der Waals surface area (Å²) in [5.74, 6) is 0.918. The van der Waals surface area contributed by atoms with Crippen molar-refractivity contribution in [1.29, 1.82) is 0 Å². The van der Waals surface area contributed by atoms with Crippen LogP contribution >= 0.6 is 0 Å². The third-order valence-corrected chi connectivity index (χ3v) is 5.09. The standard InChI is InChI=1S/C20H26FN3O2/c1-15-13-19(22-26-15)20(25)23(2)14-16-7-10-24(11-8-16)12-9-17-5-3-4-6-18(17)21/h3-6,13,16H,7-12,14H2,1-2H3. The highest BCUT2D eigenvalue weighted by atomic mass is 19.1. The number of carbonyl (C=O) groups excluding carboxylic acids is 1. The summed E-state index contributed by atoms with van der Waals surface area (Å²) < 4.78 is 18.7. The molecule has 1 saturated heterocycles. The Bertz CT molecular complexity index is 738. The fraction of sp³-hybridized carbons (Fsp3) is 0.500. The van der Waals surface area contributed by atoms with E-state index in [1.54, 1.807) is 24.0 Å². The molecule has 1 fully saturated rings. The predicted octanol–water partition coefficient (Wildman–Crippen LogP) is 3.15. The van der Waals surface area contributed by atoms with E-state index in [1.807, 2.05) is 19.2 Å². The second kappa shape index (κ2) is 8.45. The van der Waals surface area contributed by atoms with Gasteiger partial charge in [-0.15, -0.1) is 0 Å². The molecule has 2 aromatic rings. The number of rotatable bonds is 6. The summed E-state index contributed by atoms with van der Waals surface area (Å²) in [6.45, 7) is 5.36. The third kappa shape index (κ3) is 4.69. The van der Waals surface area contributed by atoms with Gasteiger partial charge in [0, 0.05) is 26.2 Å². The van der Waals surface area contributed by atoms with Crippen LogP contribution in [0.15, 0.2) is 34.9 Å². The molecule has 1 aromatic carbocycles. The van der Waals surface area contributed by atoms with Gasteiger partial charge in [-0.05, 0) is 56.8 Å². The van der Waals surface area contributed by atoms with Crippen LogP contribution in [0.25, 0.3) is 0 Å². The van der Waals surface area contributed by atoms with E-state index in [1.165, 1.54) is 6.07 Å². The van der Waals surface area contributed by atoms with Gasteiger partial charge in [-0.2, -0.15) is 0 Å². The van der Waals surface area contributed by atoms with Crippen molar-refractivity contribution >= 4 is 5.91 Å². The Morgan fingerprint density at radius 3 is 2.73 bits per heavy atom. The van der Waals surface area contributed by atoms with Crippen molar-refractivity contribution in [3.05, 3.63) is 53.2 Å². The normalized spacial score (nSPS) is 16.0. The van der Waals surface area contributed by atoms with Crippen LogP contribution in [0.5, 0.6) is 0 Å². The molecule has 5 nitrogen and oxygen atoms in total. The van der Waals surface area contributed by atoms with Gasteiger partial charge in [0.25, 0.3) is 5.91 Å². The number of aromatic nitrogens is 1. The van der Waals surface area contributed by atoms with Crippen LogP contribution in [0.1, 0.15) is 34.7 Å². The lowest BCUT2D eigenvalue weighted by molar-refractivity contribution is 0.0730. The van der Waals surface area contributed by atoms with Crippen LogP contribution < -0.4 is 0 Å². The quantitative estimate of drug-likeness (QED) is 0.795. The Balaban J connectivity index is 1.42. The summed E-state index contributed by atoms with van der Waals surface area (Å²) in [5, 5.41) is 3.80. The zero-order valence-electron chi connectivity index (χ0n) is 15.4. The lowest BCUT2D eigenvalue weighted by Gasteiger charge is -2.33. The van der Waals surface area contributed by atoms with E-state index in [0.29, 0.717) is 17.4 Å². The van der Waals surface area contributed by atoms with Crippen molar-refractivity contribution in [2.45, 2.75) is 26.2 Å². The van der Waals surface area contributed by atoms with Crippen LogP contribution in [0.2, 0.25) is 0 Å². The molecular weight excluding hydrogens is 333 g/mol. The molecule has 0 saturated carbocycles. The molecule has 1 aromatic heterocycles. The van der Waals surface area contributed by atoms with Crippen LogP contribution in [-0.2, 0) is 6.42 Å². The average molecular weight is 359 g/mol. The molecule has 0 aliphatic carbocycles. The fourth-order valence-corrected chi connectivity index (χ4v) is 3.51. The molecule has 2 heterocycles. The summed E-state index contributed by atoms with van der Waals surface area (Å²) in [4.78, 5) is 16.5. The van der Waals surface area contributed by atoms with Gasteiger partial charge in [-0.25, -0.2) is 4.39 Å². The van der Waals surface area contributed by atoms with Crippen LogP contribution in [-0.4, -0.2) is 54.1 Å². The van der Waals surface area contributed by atoms with Crippen molar-refractivity contribution in [1.82, 2.24) is 15.0 Å². The van der Waals surface area contributed by atoms with Crippen molar-refractivity contribution in [3.8, 4) is 0 Å². The second-order valence-corrected chi connectivity index (χ2v) is 7.13. The Morgan fingerprint density at radius 1 is 1.35 bits per heavy atom. The number of piperidine rings is 1. The summed E-state index contributed by atoms with van der Waals surface area (Å²) in [7, 11) is 1.82. The largest absolute Gasteiger partial charge is 0.361 e. The molecule has 1 aliphatic heterocycles. The lowest BCUT2D eigenvalue weighted by Crippen LogP contribution is -2.40. The van der Waals surface area contributed by atoms with Gasteiger partial charge < -0.3 is 14.3 Å². The maximum atomic E-state index is 13.7. The highest BCUT2D eigenvalue weighted by Crippen LogP contribution is 2.19. The molecule has 0 spiro atoms. The van der Waals surface area contributed by atoms with E-state index < -0.39 is 0 Å². The summed E-state index contributed by atoms with van der Waals surface area (Å²) in [5.41, 5.74) is 1.15. The molecule has 0 radical (unpaired) electrons. The van der Waals surface area contributed by atoms with Gasteiger partial charge in [-0.3, -0.25) is 4.79 Å². The molecule has 6 heteroatoms. The smallest absolute Gasteiger partial charge is 0.275 e. The van der Waals surface area contributed by atoms with Crippen molar-refractivity contribution in [2.24, 2.45) is 5.92 Å². The Labute approximate surface area is 153 Å². The van der Waals surface area contributed by atoms with Crippen molar-refractivity contribution in [2.75, 3.05) is 33.2 Å². The minimum absolute atomic E-state index is 0.0937. The van der Waals surface area contributed by atoms with Crippen LogP contribution in [0, 0.1) is 18.7 Å². The number of hydrogen-bond donors (Lipinski definition) is 0. The Morgan fingerprint density at radius 2 is 2.08 bits per heavy atom. The second-order valence-electron chi connectivity index (χ2n) is 7.13. The number of nitrogens with zero attached hydrogens (tertiary/aromatic N) is 3. The average Bonchev–Trinajstić information content (AvgIpc) is 3.08. The number of carbonyl (C=O) groups is 1. The molecule has 1 aliphatic rings. The van der Waals surface area contributed by atoms with Gasteiger partial charge in [0.2, 0.25) is 0 Å². The first-order chi connectivity index (χ1) is 12.5. The maximum Gasteiger partial charge on any atom is 0.275 e. The van der Waals surface area contributed by atoms with E-state index in [4.69, 9.17) is 4.52 Å². The van der Waals surface area contributed by atoms with E-state index >= 15 is 0 Å². The monoisotopic (exact) mass is 359 g/mol. The van der Waals surface area contributed by atoms with Crippen LogP contribution in [0.4, 0.5) is 4.39 Å². The minimum Gasteiger partial charge on any atom is -0.361 e. The first kappa shape index (κ1) is 18.6. The first-order valence-electron chi connectivity index (χ1n) is 9.17. The number of halogens is 1. The van der Waals surface area contributed by atoms with Crippen molar-refractivity contribution < 1.29 is 13.7 Å². The van der Waals surface area contributed by atoms with E-state index in [0.717, 1.165) is 51.0 Å². The fourth-order valence-electron chi connectivity index (χ4n) is 3.51. The van der Waals surface area contributed by atoms with Gasteiger partial charge in [0.1, 0.15) is 11.6 Å². The summed E-state index contributed by atoms with van der Waals surface area (Å²) in [6.07, 6.45) is 2.83. The number of benzene rings is 1. The highest BCUT2D eigenvalue weighted by molar-refractivity contribution is 5.92. The minimum atomic E-state index is -0.120. The molecule has 140 valence electrons. The van der Waals surface area contributed by atoms with Crippen molar-refractivity contribution in [3.63, 3.8) is 0 Å². The topological polar surface area (TPSA) is 49.6 Å². The van der Waals surface area contributed by atoms with E-state index in [2.05, 4.69) is 10.1 Å². The molecule has 3 rings (SSSR count). The van der Waals surface area contributed by atoms with Crippen LogP contribution in [0.3, 0.4) is 0 Å². The number of aryl methyl sites for hydroxylation is 1. The zero-order chi connectivity index (χ0) is 18.5. The number of hydrogen-bond acceptors (Lipinski definition) is 4. The molecule has 0 unspecified atom stereocenters. The highest BCUT2D eigenvalue weighted by Gasteiger charge is 2.23. The molecule has 0 N–H and O–H groups in total. The molecular formula is C20H26FN3O2. The predicted molar refractivity (Wildman–Crippen MR) is 97.5 cm³/mol. The number of amides is 1. The maximum absolute atomic E-state index is 13.7. The SMILES string of the molecule is Cc1cc(C(=O)N(C)CC2CCN(CCc3ccccc3F)CC2)no1. The molecule has 0 bridgehead atoms. The Hall–Kier alpha value is -2.21. The van der Waals surface area contributed by atoms with E-state index in [9.17, 15) is 9.18 Å². The zero-order valence-corrected chi connectivity index (χ0v) is 15.4. The van der Waals surface area contributed by atoms with Gasteiger partial charge in [0.15, 0.2) is 5.69 Å². The first-order valence-corrected chi connectivity index (χ1v) is 9.17.